The van der Waals surface area contributed by atoms with Crippen LogP contribution in [0.5, 0.6) is 0 Å². The van der Waals surface area contributed by atoms with Crippen LogP contribution in [0.15, 0.2) is 193 Å². The van der Waals surface area contributed by atoms with Crippen LogP contribution in [0.3, 0.4) is 0 Å². The number of furan rings is 1. The van der Waals surface area contributed by atoms with Gasteiger partial charge in [0.15, 0.2) is 0 Å². The number of pyridine rings is 2. The Hall–Kier alpha value is -7.25. The first-order chi connectivity index (χ1) is 34.6. The number of para-hydroxylation sites is 3. The maximum absolute atomic E-state index is 7.57. The molecule has 326 valence electrons. The Morgan fingerprint density at radius 3 is 2.09 bits per heavy atom. The molecule has 3 aromatic heterocycles. The fourth-order valence-corrected chi connectivity index (χ4v) is 9.14. The first-order valence-electron chi connectivity index (χ1n) is 25.0. The number of aromatic nitrogens is 2. The van der Waals surface area contributed by atoms with E-state index < -0.39 is 13.7 Å². The van der Waals surface area contributed by atoms with Crippen LogP contribution < -0.4 is 31.1 Å². The van der Waals surface area contributed by atoms with Gasteiger partial charge in [0.25, 0.3) is 0 Å². The maximum atomic E-state index is 7.57. The van der Waals surface area contributed by atoms with Crippen LogP contribution in [0.2, 0.25) is 0 Å². The molecule has 5 heterocycles. The Bertz CT molecular complexity index is 3610. The minimum Gasteiger partial charge on any atom is -0.493 e. The average Bonchev–Trinajstić information content (AvgIpc) is 3.96. The van der Waals surface area contributed by atoms with Gasteiger partial charge in [-0.2, -0.15) is 30.3 Å². The van der Waals surface area contributed by atoms with E-state index >= 15 is 0 Å². The zero-order chi connectivity index (χ0) is 49.9. The van der Waals surface area contributed by atoms with E-state index in [2.05, 4.69) is 198 Å². The topological polar surface area (TPSA) is 48.6 Å². The van der Waals surface area contributed by atoms with Gasteiger partial charge in [0, 0.05) is 59.6 Å². The van der Waals surface area contributed by atoms with E-state index in [-0.39, 0.29) is 49.2 Å². The molecule has 0 saturated carbocycles. The Morgan fingerprint density at radius 1 is 0.627 bits per heavy atom. The fraction of sp³-hybridized carbons (Fsp3) is 0.102. The fourth-order valence-electron chi connectivity index (χ4n) is 9.14. The number of hydrogen-bond donors (Lipinski definition) is 0. The largest absolute Gasteiger partial charge is 3.00 e. The van der Waals surface area contributed by atoms with Gasteiger partial charge in [-0.15, -0.1) is 30.6 Å². The quantitative estimate of drug-likeness (QED) is 0.126. The van der Waals surface area contributed by atoms with Crippen molar-refractivity contribution in [3.8, 4) is 11.3 Å². The van der Waals surface area contributed by atoms with Gasteiger partial charge < -0.3 is 24.1 Å². The van der Waals surface area contributed by atoms with Gasteiger partial charge in [-0.1, -0.05) is 128 Å². The van der Waals surface area contributed by atoms with Crippen molar-refractivity contribution in [3.05, 3.63) is 224 Å². The number of fused-ring (bicyclic) bond motifs is 6. The SMILES string of the molecule is CC(C)(C)c1ccc2c(c1)N(c1ccccc1)c1cc3c(cc1B2c1ccccc1)N(c1[c-]cccc1)[CH-]N3c1ccccc1.[2H]C([2H])([2H])c1ccnc(-c2[c-]ccc3c2oc2nc(C([2H])([2H])[2H])ccc23)c1.[Ir+3]. The summed E-state index contributed by atoms with van der Waals surface area (Å²) in [5, 5.41) is 1.39. The summed E-state index contributed by atoms with van der Waals surface area (Å²) in [6, 6.07) is 68.5. The molecular formula is C59H47BIrN5O. The molecule has 8 heteroatoms. The third-order valence-electron chi connectivity index (χ3n) is 12.3. The van der Waals surface area contributed by atoms with Crippen LogP contribution in [0.1, 0.15) is 45.8 Å². The van der Waals surface area contributed by atoms with E-state index in [1.54, 1.807) is 18.2 Å². The first kappa shape index (κ1) is 36.9. The van der Waals surface area contributed by atoms with Crippen molar-refractivity contribution in [2.24, 2.45) is 0 Å². The normalized spacial score (nSPS) is 14.6. The van der Waals surface area contributed by atoms with Gasteiger partial charge in [-0.25, -0.2) is 4.98 Å². The third kappa shape index (κ3) is 8.11. The molecule has 2 aliphatic rings. The van der Waals surface area contributed by atoms with Crippen LogP contribution in [-0.2, 0) is 25.5 Å². The van der Waals surface area contributed by atoms with E-state index in [1.165, 1.54) is 57.7 Å². The molecule has 0 unspecified atom stereocenters. The van der Waals surface area contributed by atoms with Crippen molar-refractivity contribution >= 4 is 85.0 Å². The zero-order valence-electron chi connectivity index (χ0n) is 43.0. The molecule has 0 fully saturated rings. The van der Waals surface area contributed by atoms with Crippen molar-refractivity contribution in [2.45, 2.75) is 39.9 Å². The monoisotopic (exact) mass is 1050 g/mol. The molecule has 0 N–H and O–H groups in total. The van der Waals surface area contributed by atoms with Crippen molar-refractivity contribution in [1.82, 2.24) is 9.97 Å². The van der Waals surface area contributed by atoms with Gasteiger partial charge in [0.05, 0.1) is 5.58 Å². The van der Waals surface area contributed by atoms with Crippen molar-refractivity contribution < 1.29 is 32.7 Å². The molecule has 12 rings (SSSR count). The predicted octanol–water partition coefficient (Wildman–Crippen LogP) is 13.0. The third-order valence-corrected chi connectivity index (χ3v) is 12.3. The summed E-state index contributed by atoms with van der Waals surface area (Å²) in [7, 11) is 0. The molecular weight excluding hydrogens is 998 g/mol. The van der Waals surface area contributed by atoms with E-state index in [1.807, 2.05) is 12.1 Å². The first-order valence-corrected chi connectivity index (χ1v) is 22.0. The van der Waals surface area contributed by atoms with E-state index in [4.69, 9.17) is 12.6 Å². The van der Waals surface area contributed by atoms with Gasteiger partial charge in [0.1, 0.15) is 0 Å². The van der Waals surface area contributed by atoms with E-state index in [0.29, 0.717) is 22.2 Å². The average molecular weight is 1050 g/mol. The van der Waals surface area contributed by atoms with Crippen LogP contribution in [0.25, 0.3) is 33.3 Å². The summed E-state index contributed by atoms with van der Waals surface area (Å²) in [6.07, 6.45) is 1.43. The second-order valence-electron chi connectivity index (χ2n) is 17.6. The summed E-state index contributed by atoms with van der Waals surface area (Å²) in [6.45, 7) is 4.57. The summed E-state index contributed by atoms with van der Waals surface area (Å²) in [5.41, 5.74) is 14.9. The molecule has 0 spiro atoms. The number of rotatable bonds is 5. The molecule has 0 radical (unpaired) electrons. The minimum absolute atomic E-state index is 0. The molecule has 67 heavy (non-hydrogen) atoms. The van der Waals surface area contributed by atoms with Crippen LogP contribution in [-0.4, -0.2) is 16.7 Å². The van der Waals surface area contributed by atoms with Crippen molar-refractivity contribution in [3.63, 3.8) is 0 Å². The summed E-state index contributed by atoms with van der Waals surface area (Å²) < 4.78 is 51.1. The van der Waals surface area contributed by atoms with Crippen LogP contribution in [0.4, 0.5) is 39.8 Å². The van der Waals surface area contributed by atoms with Crippen molar-refractivity contribution in [2.75, 3.05) is 14.7 Å². The molecule has 0 bridgehead atoms. The summed E-state index contributed by atoms with van der Waals surface area (Å²) in [5.74, 6) is 0. The molecule has 0 aliphatic carbocycles. The van der Waals surface area contributed by atoms with Crippen molar-refractivity contribution in [1.29, 1.82) is 0 Å². The van der Waals surface area contributed by atoms with Crippen LogP contribution >= 0.6 is 0 Å². The summed E-state index contributed by atoms with van der Waals surface area (Å²) >= 11 is 0. The number of nitrogens with zero attached hydrogens (tertiary/aromatic N) is 5. The predicted molar refractivity (Wildman–Crippen MR) is 274 cm³/mol. The smallest absolute Gasteiger partial charge is 0.493 e. The van der Waals surface area contributed by atoms with Crippen LogP contribution in [0, 0.1) is 32.5 Å². The van der Waals surface area contributed by atoms with E-state index in [0.717, 1.165) is 33.8 Å². The number of aryl methyl sites for hydroxylation is 2. The molecule has 0 amide bonds. The maximum Gasteiger partial charge on any atom is 3.00 e. The minimum atomic E-state index is -2.34. The number of anilines is 7. The van der Waals surface area contributed by atoms with Gasteiger partial charge in [-0.3, -0.25) is 0 Å². The Morgan fingerprint density at radius 2 is 1.36 bits per heavy atom. The second kappa shape index (κ2) is 17.9. The summed E-state index contributed by atoms with van der Waals surface area (Å²) in [4.78, 5) is 15.4. The Balaban J connectivity index is 0.000000187. The molecule has 6 nitrogen and oxygen atoms in total. The van der Waals surface area contributed by atoms with Gasteiger partial charge >= 0.3 is 20.1 Å². The molecule has 0 atom stereocenters. The van der Waals surface area contributed by atoms with E-state index in [9.17, 15) is 0 Å². The molecule has 2 aliphatic heterocycles. The second-order valence-corrected chi connectivity index (χ2v) is 17.6. The van der Waals surface area contributed by atoms with Gasteiger partial charge in [0.2, 0.25) is 12.4 Å². The number of benzene rings is 7. The zero-order valence-corrected chi connectivity index (χ0v) is 39.4. The Labute approximate surface area is 415 Å². The number of hydrogen-bond acceptors (Lipinski definition) is 6. The standard InChI is InChI=1S/C41H34BN3.C18H13N2O.Ir/c1-41(2,3)30-24-25-35-37(26-30)45(34-22-14-7-15-23-34)38-28-40-39(27-36(38)42(35)31-16-8-4-9-17-31)43(32-18-10-5-11-19-32)29-44(40)33-20-12-6-13-21-33;1-11-8-9-19-16(10-11)15-5-3-4-13-14-7-6-12(2)20-18(14)21-17(13)15;/h4-18,20-29H,1-3H3;3-4,6-10H,1-2H3;/q-2;-1;+3/i;1D3,2D3;. The molecule has 10 aromatic rings. The van der Waals surface area contributed by atoms with Gasteiger partial charge in [-0.05, 0) is 102 Å². The molecule has 7 aromatic carbocycles. The molecule has 0 saturated heterocycles. The Kier molecular flexibility index (Phi) is 9.84.